The molecule has 0 amide bonds. The van der Waals surface area contributed by atoms with Gasteiger partial charge in [0.1, 0.15) is 17.2 Å². The lowest BCUT2D eigenvalue weighted by Gasteiger charge is -2.12. The highest BCUT2D eigenvalue weighted by Gasteiger charge is 2.33. The van der Waals surface area contributed by atoms with Crippen LogP contribution in [0, 0.1) is 0 Å². The van der Waals surface area contributed by atoms with E-state index in [-0.39, 0.29) is 11.4 Å². The van der Waals surface area contributed by atoms with Crippen LogP contribution in [0.25, 0.3) is 0 Å². The SMILES string of the molecule is COc1ccc(Oc2ccc(N)c(C(F)(F)F)c2)cc1. The summed E-state index contributed by atoms with van der Waals surface area (Å²) in [6.07, 6.45) is -4.51. The normalized spacial score (nSPS) is 11.2. The average Bonchev–Trinajstić information content (AvgIpc) is 2.40. The number of nitrogen functional groups attached to an aromatic ring is 1. The lowest BCUT2D eigenvalue weighted by molar-refractivity contribution is -0.137. The van der Waals surface area contributed by atoms with Gasteiger partial charge >= 0.3 is 6.18 Å². The molecule has 2 aromatic carbocycles. The zero-order valence-corrected chi connectivity index (χ0v) is 10.6. The maximum Gasteiger partial charge on any atom is 0.418 e. The number of rotatable bonds is 3. The number of hydrogen-bond donors (Lipinski definition) is 1. The molecular formula is C14H12F3NO2. The van der Waals surface area contributed by atoms with Crippen molar-refractivity contribution >= 4 is 5.69 Å². The van der Waals surface area contributed by atoms with Crippen molar-refractivity contribution < 1.29 is 22.6 Å². The third kappa shape index (κ3) is 3.14. The molecule has 0 aliphatic rings. The van der Waals surface area contributed by atoms with Gasteiger partial charge in [-0.3, -0.25) is 0 Å². The van der Waals surface area contributed by atoms with Crippen LogP contribution in [0.3, 0.4) is 0 Å². The Bertz CT molecular complexity index is 594. The predicted molar refractivity (Wildman–Crippen MR) is 68.9 cm³/mol. The molecule has 0 aliphatic carbocycles. The standard InChI is InChI=1S/C14H12F3NO2/c1-19-9-2-4-10(5-3-9)20-11-6-7-13(18)12(8-11)14(15,16)17/h2-8H,18H2,1H3. The summed E-state index contributed by atoms with van der Waals surface area (Å²) < 4.78 is 48.5. The zero-order valence-electron chi connectivity index (χ0n) is 10.6. The van der Waals surface area contributed by atoms with E-state index in [0.717, 1.165) is 6.07 Å². The van der Waals surface area contributed by atoms with Crippen molar-refractivity contribution in [1.82, 2.24) is 0 Å². The van der Waals surface area contributed by atoms with Crippen molar-refractivity contribution in [3.05, 3.63) is 48.0 Å². The Balaban J connectivity index is 2.25. The van der Waals surface area contributed by atoms with E-state index in [2.05, 4.69) is 0 Å². The highest BCUT2D eigenvalue weighted by Crippen LogP contribution is 2.36. The second-order valence-corrected chi connectivity index (χ2v) is 4.02. The van der Waals surface area contributed by atoms with E-state index in [1.54, 1.807) is 24.3 Å². The van der Waals surface area contributed by atoms with Gasteiger partial charge in [-0.2, -0.15) is 13.2 Å². The lowest BCUT2D eigenvalue weighted by atomic mass is 10.1. The summed E-state index contributed by atoms with van der Waals surface area (Å²) in [5.74, 6) is 1.10. The Morgan fingerprint density at radius 2 is 1.45 bits per heavy atom. The molecule has 20 heavy (non-hydrogen) atoms. The molecule has 0 spiro atoms. The number of hydrogen-bond acceptors (Lipinski definition) is 3. The first kappa shape index (κ1) is 14.0. The van der Waals surface area contributed by atoms with Crippen molar-refractivity contribution in [3.8, 4) is 17.2 Å². The number of ether oxygens (including phenoxy) is 2. The Morgan fingerprint density at radius 1 is 0.900 bits per heavy atom. The summed E-state index contributed by atoms with van der Waals surface area (Å²) in [6.45, 7) is 0. The average molecular weight is 283 g/mol. The van der Waals surface area contributed by atoms with Gasteiger partial charge in [-0.1, -0.05) is 0 Å². The molecule has 0 radical (unpaired) electrons. The Morgan fingerprint density at radius 3 is 2.00 bits per heavy atom. The fraction of sp³-hybridized carbons (Fsp3) is 0.143. The second kappa shape index (κ2) is 5.32. The summed E-state index contributed by atoms with van der Waals surface area (Å²) in [4.78, 5) is 0. The maximum absolute atomic E-state index is 12.7. The van der Waals surface area contributed by atoms with Crippen LogP contribution >= 0.6 is 0 Å². The van der Waals surface area contributed by atoms with E-state index in [4.69, 9.17) is 15.2 Å². The Kier molecular flexibility index (Phi) is 3.74. The van der Waals surface area contributed by atoms with E-state index < -0.39 is 11.7 Å². The maximum atomic E-state index is 12.7. The van der Waals surface area contributed by atoms with Gasteiger partial charge in [-0.25, -0.2) is 0 Å². The zero-order chi connectivity index (χ0) is 14.8. The molecule has 0 saturated carbocycles. The number of benzene rings is 2. The Labute approximate surface area is 113 Å². The number of methoxy groups -OCH3 is 1. The fourth-order valence-electron chi connectivity index (χ4n) is 1.62. The summed E-state index contributed by atoms with van der Waals surface area (Å²) in [5.41, 5.74) is 4.07. The van der Waals surface area contributed by atoms with E-state index >= 15 is 0 Å². The Hall–Kier alpha value is -2.37. The van der Waals surface area contributed by atoms with Crippen LogP contribution in [0.15, 0.2) is 42.5 Å². The first-order valence-electron chi connectivity index (χ1n) is 5.69. The minimum Gasteiger partial charge on any atom is -0.497 e. The van der Waals surface area contributed by atoms with Gasteiger partial charge in [-0.15, -0.1) is 0 Å². The summed E-state index contributed by atoms with van der Waals surface area (Å²) in [5, 5.41) is 0. The molecule has 0 aromatic heterocycles. The van der Waals surface area contributed by atoms with E-state index in [0.29, 0.717) is 11.5 Å². The van der Waals surface area contributed by atoms with Crippen LogP contribution < -0.4 is 15.2 Å². The first-order valence-corrected chi connectivity index (χ1v) is 5.69. The molecule has 0 atom stereocenters. The van der Waals surface area contributed by atoms with Gasteiger partial charge in [0.15, 0.2) is 0 Å². The van der Waals surface area contributed by atoms with Crippen molar-refractivity contribution in [3.63, 3.8) is 0 Å². The fourth-order valence-corrected chi connectivity index (χ4v) is 1.62. The van der Waals surface area contributed by atoms with Crippen LogP contribution in [0.1, 0.15) is 5.56 Å². The molecule has 2 aromatic rings. The highest BCUT2D eigenvalue weighted by atomic mass is 19.4. The monoisotopic (exact) mass is 283 g/mol. The highest BCUT2D eigenvalue weighted by molar-refractivity contribution is 5.52. The minimum absolute atomic E-state index is 0.0664. The molecule has 6 heteroatoms. The lowest BCUT2D eigenvalue weighted by Crippen LogP contribution is -2.08. The number of alkyl halides is 3. The molecule has 0 bridgehead atoms. The number of halogens is 3. The van der Waals surface area contributed by atoms with E-state index in [9.17, 15) is 13.2 Å². The molecular weight excluding hydrogens is 271 g/mol. The van der Waals surface area contributed by atoms with Gasteiger partial charge in [0, 0.05) is 5.69 Å². The van der Waals surface area contributed by atoms with Crippen LogP contribution in [0.4, 0.5) is 18.9 Å². The van der Waals surface area contributed by atoms with Crippen LogP contribution in [-0.2, 0) is 6.18 Å². The van der Waals surface area contributed by atoms with E-state index in [1.165, 1.54) is 19.2 Å². The van der Waals surface area contributed by atoms with Crippen LogP contribution in [-0.4, -0.2) is 7.11 Å². The molecule has 106 valence electrons. The molecule has 0 unspecified atom stereocenters. The van der Waals surface area contributed by atoms with Gasteiger partial charge in [0.05, 0.1) is 12.7 Å². The van der Waals surface area contributed by atoms with Crippen molar-refractivity contribution in [2.75, 3.05) is 12.8 Å². The van der Waals surface area contributed by atoms with Crippen molar-refractivity contribution in [2.24, 2.45) is 0 Å². The van der Waals surface area contributed by atoms with Crippen LogP contribution in [0.5, 0.6) is 17.2 Å². The van der Waals surface area contributed by atoms with Crippen LogP contribution in [0.2, 0.25) is 0 Å². The minimum atomic E-state index is -4.51. The summed E-state index contributed by atoms with van der Waals surface area (Å²) in [6, 6.07) is 9.93. The van der Waals surface area contributed by atoms with Crippen molar-refractivity contribution in [1.29, 1.82) is 0 Å². The van der Waals surface area contributed by atoms with Crippen molar-refractivity contribution in [2.45, 2.75) is 6.18 Å². The topological polar surface area (TPSA) is 44.5 Å². The smallest absolute Gasteiger partial charge is 0.418 e. The third-order valence-corrected chi connectivity index (χ3v) is 2.63. The van der Waals surface area contributed by atoms with Gasteiger partial charge < -0.3 is 15.2 Å². The molecule has 3 nitrogen and oxygen atoms in total. The second-order valence-electron chi connectivity index (χ2n) is 4.02. The molecule has 0 heterocycles. The van der Waals surface area contributed by atoms with Gasteiger partial charge in [0.25, 0.3) is 0 Å². The summed E-state index contributed by atoms with van der Waals surface area (Å²) >= 11 is 0. The molecule has 2 N–H and O–H groups in total. The van der Waals surface area contributed by atoms with Gasteiger partial charge in [0.2, 0.25) is 0 Å². The number of nitrogens with two attached hydrogens (primary N) is 1. The molecule has 0 saturated heterocycles. The summed E-state index contributed by atoms with van der Waals surface area (Å²) in [7, 11) is 1.52. The first-order chi connectivity index (χ1) is 9.40. The molecule has 0 aliphatic heterocycles. The molecule has 0 fully saturated rings. The quantitative estimate of drug-likeness (QED) is 0.863. The van der Waals surface area contributed by atoms with Gasteiger partial charge in [-0.05, 0) is 42.5 Å². The predicted octanol–water partition coefficient (Wildman–Crippen LogP) is 4.09. The van der Waals surface area contributed by atoms with E-state index in [1.807, 2.05) is 0 Å². The molecule has 2 rings (SSSR count). The number of anilines is 1. The largest absolute Gasteiger partial charge is 0.497 e. The third-order valence-electron chi connectivity index (χ3n) is 2.63.